The molecule has 0 heterocycles. The molecule has 1 aliphatic carbocycles. The number of carboxylic acids is 4. The number of carboxylic acid groups (broad SMARTS) is 4. The van der Waals surface area contributed by atoms with E-state index < -0.39 is 41.6 Å². The highest BCUT2D eigenvalue weighted by molar-refractivity contribution is 5.96. The van der Waals surface area contributed by atoms with Gasteiger partial charge in [0.05, 0.1) is 17.9 Å². The topological polar surface area (TPSA) is 149 Å². The first kappa shape index (κ1) is 17.2. The van der Waals surface area contributed by atoms with Crippen molar-refractivity contribution in [1.82, 2.24) is 0 Å². The van der Waals surface area contributed by atoms with E-state index in [-0.39, 0.29) is 11.1 Å². The van der Waals surface area contributed by atoms with Gasteiger partial charge in [0.2, 0.25) is 0 Å². The van der Waals surface area contributed by atoms with Crippen LogP contribution in [0.15, 0.2) is 35.5 Å². The fraction of sp³-hybridized carbons (Fsp3) is 0.286. The lowest BCUT2D eigenvalue weighted by Gasteiger charge is -2.34. The van der Waals surface area contributed by atoms with Crippen molar-refractivity contribution in [2.75, 3.05) is 0 Å². The molecule has 0 radical (unpaired) electrons. The maximum absolute atomic E-state index is 11.7. The van der Waals surface area contributed by atoms with Gasteiger partial charge in [-0.05, 0) is 18.6 Å². The number of rotatable bonds is 6. The number of carbonyl (C=O) groups is 4. The van der Waals surface area contributed by atoms with Gasteiger partial charge in [-0.3, -0.25) is 14.4 Å². The molecule has 0 aromatic heterocycles. The Morgan fingerprint density at radius 1 is 1.18 bits per heavy atom. The van der Waals surface area contributed by atoms with E-state index in [0.29, 0.717) is 0 Å². The maximum atomic E-state index is 11.7. The minimum atomic E-state index is -2.14. The van der Waals surface area contributed by atoms with Gasteiger partial charge in [-0.25, -0.2) is 4.79 Å². The van der Waals surface area contributed by atoms with Crippen molar-refractivity contribution >= 4 is 23.9 Å². The Bertz CT molecular complexity index is 625. The van der Waals surface area contributed by atoms with Crippen molar-refractivity contribution in [3.63, 3.8) is 0 Å². The summed E-state index contributed by atoms with van der Waals surface area (Å²) >= 11 is 0. The lowest BCUT2D eigenvalue weighted by atomic mass is 9.65. The molecule has 0 saturated carbocycles. The second-order valence-electron chi connectivity index (χ2n) is 4.65. The predicted octanol–water partition coefficient (Wildman–Crippen LogP) is 0.760. The number of allylic oxidation sites excluding steroid dienone is 2. The van der Waals surface area contributed by atoms with Crippen LogP contribution in [0.25, 0.3) is 0 Å². The van der Waals surface area contributed by atoms with Crippen molar-refractivity contribution in [3.8, 4) is 0 Å². The molecule has 1 aliphatic rings. The highest BCUT2D eigenvalue weighted by atomic mass is 16.4. The van der Waals surface area contributed by atoms with Crippen LogP contribution in [-0.4, -0.2) is 44.3 Å². The molecule has 2 atom stereocenters. The van der Waals surface area contributed by atoms with Gasteiger partial charge >= 0.3 is 23.9 Å². The summed E-state index contributed by atoms with van der Waals surface area (Å²) in [5.74, 6) is -7.71. The molecule has 8 nitrogen and oxygen atoms in total. The van der Waals surface area contributed by atoms with Crippen molar-refractivity contribution < 1.29 is 39.6 Å². The highest BCUT2D eigenvalue weighted by Crippen LogP contribution is 2.44. The minimum Gasteiger partial charge on any atom is -0.481 e. The second kappa shape index (κ2) is 6.25. The summed E-state index contributed by atoms with van der Waals surface area (Å²) in [7, 11) is 0. The van der Waals surface area contributed by atoms with Gasteiger partial charge < -0.3 is 20.4 Å². The molecule has 118 valence electrons. The van der Waals surface area contributed by atoms with Gasteiger partial charge in [-0.1, -0.05) is 18.2 Å². The van der Waals surface area contributed by atoms with E-state index in [9.17, 15) is 29.4 Å². The predicted molar refractivity (Wildman–Crippen MR) is 72.1 cm³/mol. The first-order valence-electron chi connectivity index (χ1n) is 6.15. The monoisotopic (exact) mass is 310 g/mol. The quantitative estimate of drug-likeness (QED) is 0.561. The van der Waals surface area contributed by atoms with E-state index in [1.54, 1.807) is 0 Å². The van der Waals surface area contributed by atoms with E-state index >= 15 is 0 Å². The summed E-state index contributed by atoms with van der Waals surface area (Å²) in [5, 5.41) is 36.6. The molecule has 0 fully saturated rings. The van der Waals surface area contributed by atoms with Crippen LogP contribution < -0.4 is 0 Å². The Morgan fingerprint density at radius 2 is 1.77 bits per heavy atom. The van der Waals surface area contributed by atoms with Crippen LogP contribution in [-0.2, 0) is 19.2 Å². The van der Waals surface area contributed by atoms with Crippen LogP contribution in [0.5, 0.6) is 0 Å². The zero-order valence-corrected chi connectivity index (χ0v) is 11.5. The normalized spacial score (nSPS) is 23.7. The molecule has 8 heteroatoms. The summed E-state index contributed by atoms with van der Waals surface area (Å²) in [5.41, 5.74) is -2.45. The van der Waals surface area contributed by atoms with Crippen molar-refractivity contribution in [2.45, 2.75) is 13.3 Å². The summed E-state index contributed by atoms with van der Waals surface area (Å²) < 4.78 is 0. The summed E-state index contributed by atoms with van der Waals surface area (Å²) in [6, 6.07) is 0. The Morgan fingerprint density at radius 3 is 2.14 bits per heavy atom. The third-order valence-electron chi connectivity index (χ3n) is 3.45. The highest BCUT2D eigenvalue weighted by Gasteiger charge is 2.52. The zero-order chi connectivity index (χ0) is 17.1. The van der Waals surface area contributed by atoms with E-state index in [4.69, 9.17) is 10.2 Å². The lowest BCUT2D eigenvalue weighted by molar-refractivity contribution is -0.159. The standard InChI is InChI=1S/C14H14O8/c1-2-8-5-7(11(17)18)3-4-14(8,13(21)22)9(12(19)20)6-10(15)16/h2-5,9H,6H2,1H3,(H,15,16)(H,17,18)(H,19,20)(H,21,22). The van der Waals surface area contributed by atoms with Crippen molar-refractivity contribution in [1.29, 1.82) is 0 Å². The van der Waals surface area contributed by atoms with Crippen LogP contribution in [0.3, 0.4) is 0 Å². The maximum Gasteiger partial charge on any atom is 0.335 e. The van der Waals surface area contributed by atoms with Crippen LogP contribution in [0.4, 0.5) is 0 Å². The summed E-state index contributed by atoms with van der Waals surface area (Å²) in [6.07, 6.45) is 3.28. The SMILES string of the molecule is CC=C1C=C(C(=O)O)C=CC1(C(=O)O)C(CC(=O)O)C(=O)O. The molecule has 0 bridgehead atoms. The molecule has 0 aromatic rings. The van der Waals surface area contributed by atoms with Gasteiger partial charge in [-0.2, -0.15) is 0 Å². The molecule has 2 unspecified atom stereocenters. The molecule has 0 aromatic carbocycles. The first-order chi connectivity index (χ1) is 10.2. The van der Waals surface area contributed by atoms with Crippen LogP contribution in [0.1, 0.15) is 13.3 Å². The molecular weight excluding hydrogens is 296 g/mol. The summed E-state index contributed by atoms with van der Waals surface area (Å²) in [6.45, 7) is 1.42. The van der Waals surface area contributed by atoms with Gasteiger partial charge in [0, 0.05) is 0 Å². The number of hydrogen-bond donors (Lipinski definition) is 4. The van der Waals surface area contributed by atoms with Crippen molar-refractivity contribution in [2.24, 2.45) is 11.3 Å². The third-order valence-corrected chi connectivity index (χ3v) is 3.45. The molecule has 0 saturated heterocycles. The molecule has 1 rings (SSSR count). The summed E-state index contributed by atoms with van der Waals surface area (Å²) in [4.78, 5) is 45.0. The average molecular weight is 310 g/mol. The minimum absolute atomic E-state index is 0.0893. The molecular formula is C14H14O8. The Balaban J connectivity index is 3.54. The third kappa shape index (κ3) is 2.90. The zero-order valence-electron chi connectivity index (χ0n) is 11.5. The van der Waals surface area contributed by atoms with Crippen molar-refractivity contribution in [3.05, 3.63) is 35.5 Å². The smallest absolute Gasteiger partial charge is 0.335 e. The fourth-order valence-electron chi connectivity index (χ4n) is 2.39. The Kier molecular flexibility index (Phi) is 4.87. The fourth-order valence-corrected chi connectivity index (χ4v) is 2.39. The molecule has 0 spiro atoms. The van der Waals surface area contributed by atoms with Crippen LogP contribution >= 0.6 is 0 Å². The second-order valence-corrected chi connectivity index (χ2v) is 4.65. The van der Waals surface area contributed by atoms with E-state index in [2.05, 4.69) is 0 Å². The van der Waals surface area contributed by atoms with Gasteiger partial charge in [-0.15, -0.1) is 0 Å². The average Bonchev–Trinajstić information content (AvgIpc) is 2.43. The van der Waals surface area contributed by atoms with E-state index in [1.165, 1.54) is 13.0 Å². The van der Waals surface area contributed by atoms with Gasteiger partial charge in [0.15, 0.2) is 0 Å². The molecule has 22 heavy (non-hydrogen) atoms. The lowest BCUT2D eigenvalue weighted by Crippen LogP contribution is -2.44. The first-order valence-corrected chi connectivity index (χ1v) is 6.15. The number of hydrogen-bond acceptors (Lipinski definition) is 4. The van der Waals surface area contributed by atoms with Crippen LogP contribution in [0, 0.1) is 11.3 Å². The molecule has 0 aliphatic heterocycles. The van der Waals surface area contributed by atoms with Crippen LogP contribution in [0.2, 0.25) is 0 Å². The van der Waals surface area contributed by atoms with E-state index in [1.807, 2.05) is 0 Å². The Hall–Kier alpha value is -2.90. The molecule has 4 N–H and O–H groups in total. The largest absolute Gasteiger partial charge is 0.481 e. The Labute approximate surface area is 124 Å². The van der Waals surface area contributed by atoms with Gasteiger partial charge in [0.1, 0.15) is 5.41 Å². The number of aliphatic carboxylic acids is 4. The van der Waals surface area contributed by atoms with Gasteiger partial charge in [0.25, 0.3) is 0 Å². The van der Waals surface area contributed by atoms with E-state index in [0.717, 1.165) is 18.2 Å². The molecule has 0 amide bonds.